The molecule has 0 saturated carbocycles. The van der Waals surface area contributed by atoms with Crippen LogP contribution in [0, 0.1) is 0 Å². The molecule has 1 heterocycles. The van der Waals surface area contributed by atoms with E-state index in [0.29, 0.717) is 0 Å². The van der Waals surface area contributed by atoms with Crippen LogP contribution in [0.1, 0.15) is 12.6 Å². The smallest absolute Gasteiger partial charge is 0.0459 e. The standard InChI is InChI=1S/C12H13BrN2/c1-8(14)2-4-11-7-9-6-10(13)3-5-12(9)15-11/h2-8,15H,14H2,1H3/b4-2+. The first-order valence-electron chi connectivity index (χ1n) is 4.87. The first-order chi connectivity index (χ1) is 7.15. The Morgan fingerprint density at radius 3 is 2.93 bits per heavy atom. The third-order valence-electron chi connectivity index (χ3n) is 2.18. The topological polar surface area (TPSA) is 41.8 Å². The van der Waals surface area contributed by atoms with Gasteiger partial charge in [0.15, 0.2) is 0 Å². The summed E-state index contributed by atoms with van der Waals surface area (Å²) in [6.45, 7) is 1.95. The molecule has 0 spiro atoms. The highest BCUT2D eigenvalue weighted by Crippen LogP contribution is 2.20. The summed E-state index contributed by atoms with van der Waals surface area (Å²) in [5.74, 6) is 0. The summed E-state index contributed by atoms with van der Waals surface area (Å²) in [6.07, 6.45) is 3.98. The Kier molecular flexibility index (Phi) is 2.93. The van der Waals surface area contributed by atoms with Gasteiger partial charge in [-0.3, -0.25) is 0 Å². The van der Waals surface area contributed by atoms with Gasteiger partial charge in [0.2, 0.25) is 0 Å². The highest BCUT2D eigenvalue weighted by Gasteiger charge is 1.98. The zero-order valence-corrected chi connectivity index (χ0v) is 10.1. The lowest BCUT2D eigenvalue weighted by atomic mass is 10.2. The molecule has 1 aromatic carbocycles. The van der Waals surface area contributed by atoms with E-state index in [0.717, 1.165) is 15.7 Å². The molecule has 0 aliphatic carbocycles. The van der Waals surface area contributed by atoms with Gasteiger partial charge in [0.05, 0.1) is 0 Å². The van der Waals surface area contributed by atoms with Crippen molar-refractivity contribution in [3.05, 3.63) is 40.5 Å². The number of nitrogens with one attached hydrogen (secondary N) is 1. The molecule has 78 valence electrons. The Morgan fingerprint density at radius 2 is 2.20 bits per heavy atom. The quantitative estimate of drug-likeness (QED) is 0.859. The van der Waals surface area contributed by atoms with Gasteiger partial charge in [-0.2, -0.15) is 0 Å². The summed E-state index contributed by atoms with van der Waals surface area (Å²) in [4.78, 5) is 3.31. The van der Waals surface area contributed by atoms with E-state index in [1.165, 1.54) is 5.39 Å². The maximum Gasteiger partial charge on any atom is 0.0459 e. The van der Waals surface area contributed by atoms with Crippen LogP contribution in [0.4, 0.5) is 0 Å². The van der Waals surface area contributed by atoms with Crippen molar-refractivity contribution in [3.8, 4) is 0 Å². The number of aromatic nitrogens is 1. The third-order valence-corrected chi connectivity index (χ3v) is 2.68. The normalized spacial score (nSPS) is 13.8. The molecule has 0 radical (unpaired) electrons. The lowest BCUT2D eigenvalue weighted by molar-refractivity contribution is 0.930. The number of benzene rings is 1. The van der Waals surface area contributed by atoms with Gasteiger partial charge in [-0.15, -0.1) is 0 Å². The summed E-state index contributed by atoms with van der Waals surface area (Å²) in [5, 5.41) is 1.20. The van der Waals surface area contributed by atoms with Crippen molar-refractivity contribution in [2.24, 2.45) is 5.73 Å². The van der Waals surface area contributed by atoms with Crippen molar-refractivity contribution in [2.45, 2.75) is 13.0 Å². The number of H-pyrrole nitrogens is 1. The average molecular weight is 265 g/mol. The van der Waals surface area contributed by atoms with Crippen molar-refractivity contribution in [2.75, 3.05) is 0 Å². The van der Waals surface area contributed by atoms with Gasteiger partial charge >= 0.3 is 0 Å². The maximum absolute atomic E-state index is 5.65. The predicted octanol–water partition coefficient (Wildman–Crippen LogP) is 3.29. The first-order valence-corrected chi connectivity index (χ1v) is 5.66. The van der Waals surface area contributed by atoms with E-state index in [2.05, 4.69) is 39.1 Å². The Hall–Kier alpha value is -1.06. The molecule has 0 aliphatic rings. The number of halogens is 1. The van der Waals surface area contributed by atoms with E-state index >= 15 is 0 Å². The van der Waals surface area contributed by atoms with E-state index in [1.54, 1.807) is 0 Å². The van der Waals surface area contributed by atoms with Crippen LogP contribution in [0.5, 0.6) is 0 Å². The predicted molar refractivity (Wildman–Crippen MR) is 68.7 cm³/mol. The van der Waals surface area contributed by atoms with Crippen LogP contribution in [0.2, 0.25) is 0 Å². The number of nitrogens with two attached hydrogens (primary N) is 1. The molecule has 0 amide bonds. The fraction of sp³-hybridized carbons (Fsp3) is 0.167. The van der Waals surface area contributed by atoms with Gasteiger partial charge < -0.3 is 10.7 Å². The van der Waals surface area contributed by atoms with Crippen LogP contribution in [-0.2, 0) is 0 Å². The van der Waals surface area contributed by atoms with Gasteiger partial charge in [-0.05, 0) is 37.3 Å². The summed E-state index contributed by atoms with van der Waals surface area (Å²) in [7, 11) is 0. The summed E-state index contributed by atoms with van der Waals surface area (Å²) < 4.78 is 1.09. The molecule has 0 aliphatic heterocycles. The Bertz CT molecular complexity index is 497. The minimum atomic E-state index is 0.0862. The fourth-order valence-corrected chi connectivity index (χ4v) is 1.85. The molecule has 0 bridgehead atoms. The zero-order chi connectivity index (χ0) is 10.8. The van der Waals surface area contributed by atoms with Gasteiger partial charge in [0.1, 0.15) is 0 Å². The Morgan fingerprint density at radius 1 is 1.40 bits per heavy atom. The molecule has 15 heavy (non-hydrogen) atoms. The molecular weight excluding hydrogens is 252 g/mol. The van der Waals surface area contributed by atoms with Crippen molar-refractivity contribution < 1.29 is 0 Å². The van der Waals surface area contributed by atoms with E-state index in [1.807, 2.05) is 25.1 Å². The van der Waals surface area contributed by atoms with Crippen LogP contribution in [-0.4, -0.2) is 11.0 Å². The van der Waals surface area contributed by atoms with E-state index in [-0.39, 0.29) is 6.04 Å². The molecule has 0 saturated heterocycles. The highest BCUT2D eigenvalue weighted by molar-refractivity contribution is 9.10. The fourth-order valence-electron chi connectivity index (χ4n) is 1.47. The van der Waals surface area contributed by atoms with Crippen molar-refractivity contribution in [3.63, 3.8) is 0 Å². The molecule has 2 rings (SSSR count). The minimum Gasteiger partial charge on any atom is -0.355 e. The minimum absolute atomic E-state index is 0.0862. The molecular formula is C12H13BrN2. The van der Waals surface area contributed by atoms with Crippen LogP contribution in [0.25, 0.3) is 17.0 Å². The maximum atomic E-state index is 5.65. The molecule has 1 unspecified atom stereocenters. The van der Waals surface area contributed by atoms with E-state index < -0.39 is 0 Å². The van der Waals surface area contributed by atoms with Crippen LogP contribution in [0.3, 0.4) is 0 Å². The summed E-state index contributed by atoms with van der Waals surface area (Å²) in [6, 6.07) is 8.37. The van der Waals surface area contributed by atoms with Gasteiger partial charge in [0, 0.05) is 27.1 Å². The van der Waals surface area contributed by atoms with Crippen LogP contribution in [0.15, 0.2) is 34.8 Å². The lowest BCUT2D eigenvalue weighted by Crippen LogP contribution is -2.09. The molecule has 2 nitrogen and oxygen atoms in total. The summed E-state index contributed by atoms with van der Waals surface area (Å²) in [5.41, 5.74) is 7.88. The number of hydrogen-bond donors (Lipinski definition) is 2. The molecule has 3 N–H and O–H groups in total. The van der Waals surface area contributed by atoms with Crippen LogP contribution < -0.4 is 5.73 Å². The third kappa shape index (κ3) is 2.49. The van der Waals surface area contributed by atoms with Crippen LogP contribution >= 0.6 is 15.9 Å². The zero-order valence-electron chi connectivity index (χ0n) is 8.50. The lowest BCUT2D eigenvalue weighted by Gasteiger charge is -1.92. The van der Waals surface area contributed by atoms with Crippen molar-refractivity contribution >= 4 is 32.9 Å². The summed E-state index contributed by atoms with van der Waals surface area (Å²) >= 11 is 3.45. The average Bonchev–Trinajstić information content (AvgIpc) is 2.56. The molecule has 0 fully saturated rings. The first kappa shape index (κ1) is 10.5. The monoisotopic (exact) mass is 264 g/mol. The number of fused-ring (bicyclic) bond motifs is 1. The Balaban J connectivity index is 2.39. The number of hydrogen-bond acceptors (Lipinski definition) is 1. The molecule has 3 heteroatoms. The molecule has 1 atom stereocenters. The van der Waals surface area contributed by atoms with E-state index in [4.69, 9.17) is 5.73 Å². The van der Waals surface area contributed by atoms with Crippen molar-refractivity contribution in [1.82, 2.24) is 4.98 Å². The number of rotatable bonds is 2. The second-order valence-corrected chi connectivity index (χ2v) is 4.59. The number of aromatic amines is 1. The Labute approximate surface area is 97.3 Å². The molecule has 1 aromatic heterocycles. The largest absolute Gasteiger partial charge is 0.355 e. The van der Waals surface area contributed by atoms with Gasteiger partial charge in [0.25, 0.3) is 0 Å². The van der Waals surface area contributed by atoms with E-state index in [9.17, 15) is 0 Å². The highest BCUT2D eigenvalue weighted by atomic mass is 79.9. The van der Waals surface area contributed by atoms with Crippen molar-refractivity contribution in [1.29, 1.82) is 0 Å². The molecule has 2 aromatic rings. The SMILES string of the molecule is CC(N)/C=C/c1cc2cc(Br)ccc2[nH]1. The second-order valence-electron chi connectivity index (χ2n) is 3.67. The van der Waals surface area contributed by atoms with Gasteiger partial charge in [-0.25, -0.2) is 0 Å². The second kappa shape index (κ2) is 4.21. The van der Waals surface area contributed by atoms with Gasteiger partial charge in [-0.1, -0.05) is 22.0 Å².